The van der Waals surface area contributed by atoms with Gasteiger partial charge in [-0.25, -0.2) is 0 Å². The first-order chi connectivity index (χ1) is 7.18. The minimum absolute atomic E-state index is 0.641. The van der Waals surface area contributed by atoms with Gasteiger partial charge in [0, 0.05) is 0 Å². The van der Waals surface area contributed by atoms with E-state index in [9.17, 15) is 0 Å². The van der Waals surface area contributed by atoms with Crippen LogP contribution in [0.3, 0.4) is 0 Å². The van der Waals surface area contributed by atoms with E-state index in [2.05, 4.69) is 24.5 Å². The Bertz CT molecular complexity index is 188. The Labute approximate surface area is 94.2 Å². The Hall–Kier alpha value is -0.0800. The average molecular weight is 210 g/mol. The summed E-state index contributed by atoms with van der Waals surface area (Å²) >= 11 is 0. The van der Waals surface area contributed by atoms with Crippen LogP contribution in [0.25, 0.3) is 0 Å². The van der Waals surface area contributed by atoms with E-state index in [1.165, 1.54) is 51.9 Å². The van der Waals surface area contributed by atoms with E-state index >= 15 is 0 Å². The van der Waals surface area contributed by atoms with Crippen LogP contribution in [0.15, 0.2) is 0 Å². The molecule has 2 fully saturated rings. The maximum Gasteiger partial charge on any atom is -0.00152 e. The third kappa shape index (κ3) is 3.46. The van der Waals surface area contributed by atoms with Gasteiger partial charge in [-0.1, -0.05) is 13.8 Å². The van der Waals surface area contributed by atoms with Crippen molar-refractivity contribution in [2.24, 2.45) is 17.3 Å². The quantitative estimate of drug-likeness (QED) is 0.655. The molecule has 0 radical (unpaired) electrons. The zero-order valence-electron chi connectivity index (χ0n) is 10.3. The summed E-state index contributed by atoms with van der Waals surface area (Å²) in [5.74, 6) is 1.91. The molecule has 2 aliphatic rings. The van der Waals surface area contributed by atoms with Crippen LogP contribution in [-0.4, -0.2) is 26.2 Å². The molecular weight excluding hydrogens is 184 g/mol. The molecular formula is C13H26N2. The first-order valence-corrected chi connectivity index (χ1v) is 6.60. The Morgan fingerprint density at radius 2 is 2.20 bits per heavy atom. The zero-order chi connectivity index (χ0) is 10.7. The molecule has 1 aliphatic heterocycles. The monoisotopic (exact) mass is 210 g/mol. The fourth-order valence-corrected chi connectivity index (χ4v) is 2.68. The fraction of sp³-hybridized carbons (Fsp3) is 1.00. The first kappa shape index (κ1) is 11.4. The molecule has 15 heavy (non-hydrogen) atoms. The molecule has 2 nitrogen and oxygen atoms in total. The van der Waals surface area contributed by atoms with Crippen molar-refractivity contribution >= 4 is 0 Å². The van der Waals surface area contributed by atoms with E-state index in [0.29, 0.717) is 5.41 Å². The Morgan fingerprint density at radius 1 is 1.40 bits per heavy atom. The predicted molar refractivity (Wildman–Crippen MR) is 65.0 cm³/mol. The van der Waals surface area contributed by atoms with E-state index < -0.39 is 0 Å². The molecule has 0 amide bonds. The molecule has 2 atom stereocenters. The van der Waals surface area contributed by atoms with Gasteiger partial charge in [0.25, 0.3) is 0 Å². The highest BCUT2D eigenvalue weighted by Gasteiger charge is 2.44. The topological polar surface area (TPSA) is 24.1 Å². The van der Waals surface area contributed by atoms with Crippen molar-refractivity contribution in [3.63, 3.8) is 0 Å². The summed E-state index contributed by atoms with van der Waals surface area (Å²) in [7, 11) is 0. The van der Waals surface area contributed by atoms with Crippen LogP contribution >= 0.6 is 0 Å². The molecule has 88 valence electrons. The third-order valence-electron chi connectivity index (χ3n) is 4.24. The molecule has 0 bridgehead atoms. The second-order valence-corrected chi connectivity index (χ2v) is 6.09. The van der Waals surface area contributed by atoms with Gasteiger partial charge in [0.2, 0.25) is 0 Å². The molecule has 0 spiro atoms. The molecule has 2 rings (SSSR count). The van der Waals surface area contributed by atoms with Crippen molar-refractivity contribution in [1.82, 2.24) is 10.6 Å². The molecule has 1 heterocycles. The maximum absolute atomic E-state index is 3.61. The van der Waals surface area contributed by atoms with Crippen molar-refractivity contribution in [3.05, 3.63) is 0 Å². The SMILES string of the molecule is CC1(C)CC1CNCCCC1CCNC1. The summed E-state index contributed by atoms with van der Waals surface area (Å²) in [6, 6.07) is 0. The fourth-order valence-electron chi connectivity index (χ4n) is 2.68. The lowest BCUT2D eigenvalue weighted by atomic mass is 10.0. The van der Waals surface area contributed by atoms with Gasteiger partial charge in [-0.15, -0.1) is 0 Å². The lowest BCUT2D eigenvalue weighted by Crippen LogP contribution is -2.20. The van der Waals surface area contributed by atoms with Crippen LogP contribution < -0.4 is 10.6 Å². The minimum atomic E-state index is 0.641. The molecule has 1 saturated carbocycles. The summed E-state index contributed by atoms with van der Waals surface area (Å²) in [4.78, 5) is 0. The Balaban J connectivity index is 1.42. The van der Waals surface area contributed by atoms with Gasteiger partial charge in [0.05, 0.1) is 0 Å². The van der Waals surface area contributed by atoms with Crippen molar-refractivity contribution < 1.29 is 0 Å². The first-order valence-electron chi connectivity index (χ1n) is 6.60. The Morgan fingerprint density at radius 3 is 2.80 bits per heavy atom. The highest BCUT2D eigenvalue weighted by molar-refractivity contribution is 4.95. The van der Waals surface area contributed by atoms with Gasteiger partial charge >= 0.3 is 0 Å². The summed E-state index contributed by atoms with van der Waals surface area (Å²) in [5.41, 5.74) is 0.641. The van der Waals surface area contributed by atoms with Crippen LogP contribution in [0, 0.1) is 17.3 Å². The van der Waals surface area contributed by atoms with Crippen molar-refractivity contribution in [3.8, 4) is 0 Å². The second-order valence-electron chi connectivity index (χ2n) is 6.09. The summed E-state index contributed by atoms with van der Waals surface area (Å²) in [6.45, 7) is 9.73. The standard InChI is InChI=1S/C13H26N2/c1-13(2)8-12(13)10-14-6-3-4-11-5-7-15-9-11/h11-12,14-15H,3-10H2,1-2H3. The summed E-state index contributed by atoms with van der Waals surface area (Å²) < 4.78 is 0. The molecule has 2 unspecified atom stereocenters. The average Bonchev–Trinajstić information content (AvgIpc) is 2.66. The molecule has 2 heteroatoms. The molecule has 0 aromatic heterocycles. The van der Waals surface area contributed by atoms with E-state index in [1.807, 2.05) is 0 Å². The maximum atomic E-state index is 3.61. The van der Waals surface area contributed by atoms with E-state index in [-0.39, 0.29) is 0 Å². The lowest BCUT2D eigenvalue weighted by Gasteiger charge is -2.09. The van der Waals surface area contributed by atoms with Crippen LogP contribution in [-0.2, 0) is 0 Å². The van der Waals surface area contributed by atoms with E-state index in [1.54, 1.807) is 0 Å². The van der Waals surface area contributed by atoms with E-state index in [0.717, 1.165) is 11.8 Å². The van der Waals surface area contributed by atoms with Crippen molar-refractivity contribution in [1.29, 1.82) is 0 Å². The van der Waals surface area contributed by atoms with Gasteiger partial charge in [0.1, 0.15) is 0 Å². The number of hydrogen-bond donors (Lipinski definition) is 2. The largest absolute Gasteiger partial charge is 0.316 e. The predicted octanol–water partition coefficient (Wildman–Crippen LogP) is 2.01. The van der Waals surface area contributed by atoms with Gasteiger partial charge in [-0.05, 0) is 69.1 Å². The lowest BCUT2D eigenvalue weighted by molar-refractivity contribution is 0.473. The van der Waals surface area contributed by atoms with Gasteiger partial charge in [-0.3, -0.25) is 0 Å². The smallest absolute Gasteiger partial charge is 0.00152 e. The van der Waals surface area contributed by atoms with Crippen LogP contribution in [0.4, 0.5) is 0 Å². The zero-order valence-corrected chi connectivity index (χ0v) is 10.3. The van der Waals surface area contributed by atoms with Crippen LogP contribution in [0.2, 0.25) is 0 Å². The molecule has 0 aromatic rings. The van der Waals surface area contributed by atoms with Gasteiger partial charge in [0.15, 0.2) is 0 Å². The molecule has 2 N–H and O–H groups in total. The summed E-state index contributed by atoms with van der Waals surface area (Å²) in [6.07, 6.45) is 5.59. The highest BCUT2D eigenvalue weighted by Crippen LogP contribution is 2.50. The summed E-state index contributed by atoms with van der Waals surface area (Å²) in [5, 5.41) is 7.04. The Kier molecular flexibility index (Phi) is 3.68. The second kappa shape index (κ2) is 4.84. The van der Waals surface area contributed by atoms with Crippen LogP contribution in [0.1, 0.15) is 39.5 Å². The van der Waals surface area contributed by atoms with Gasteiger partial charge < -0.3 is 10.6 Å². The number of hydrogen-bond acceptors (Lipinski definition) is 2. The number of rotatable bonds is 6. The van der Waals surface area contributed by atoms with E-state index in [4.69, 9.17) is 0 Å². The normalized spacial score (nSPS) is 33.2. The van der Waals surface area contributed by atoms with Crippen molar-refractivity contribution in [2.75, 3.05) is 26.2 Å². The van der Waals surface area contributed by atoms with Crippen molar-refractivity contribution in [2.45, 2.75) is 39.5 Å². The highest BCUT2D eigenvalue weighted by atomic mass is 14.9. The van der Waals surface area contributed by atoms with Crippen LogP contribution in [0.5, 0.6) is 0 Å². The number of nitrogens with one attached hydrogen (secondary N) is 2. The third-order valence-corrected chi connectivity index (χ3v) is 4.24. The molecule has 1 aliphatic carbocycles. The molecule has 0 aromatic carbocycles. The van der Waals surface area contributed by atoms with Gasteiger partial charge in [-0.2, -0.15) is 0 Å². The molecule has 1 saturated heterocycles. The minimum Gasteiger partial charge on any atom is -0.316 e.